The number of Topliss-reactive ketones (excluding diaryl/α,β-unsaturated/α-hetero) is 2. The van der Waals surface area contributed by atoms with Gasteiger partial charge in [0.05, 0.1) is 11.3 Å². The van der Waals surface area contributed by atoms with Crippen LogP contribution < -0.4 is 4.90 Å². The van der Waals surface area contributed by atoms with E-state index in [0.29, 0.717) is 23.3 Å². The highest BCUT2D eigenvalue weighted by Gasteiger charge is 2.33. The van der Waals surface area contributed by atoms with Gasteiger partial charge >= 0.3 is 0 Å². The standard InChI is InChI=1S/C18H17FN4O2S/c1-3-14-13(19)6-11-7-15(20-14)23(8-12(9(2)24)16(11)25)18-21-17(22-26-18)10-4-5-10/h6,8,10H,3-5,7H2,1-2H3. The lowest BCUT2D eigenvalue weighted by atomic mass is 9.99. The summed E-state index contributed by atoms with van der Waals surface area (Å²) in [5, 5.41) is 0.538. The second-order valence-electron chi connectivity index (χ2n) is 6.53. The first-order chi connectivity index (χ1) is 12.5. The number of hydrogen-bond acceptors (Lipinski definition) is 7. The number of aliphatic imine (C=N–C) groups is 1. The highest BCUT2D eigenvalue weighted by atomic mass is 32.1. The number of allylic oxidation sites excluding steroid dienone is 4. The van der Waals surface area contributed by atoms with Crippen molar-refractivity contribution in [3.05, 3.63) is 40.8 Å². The van der Waals surface area contributed by atoms with E-state index in [-0.39, 0.29) is 29.0 Å². The summed E-state index contributed by atoms with van der Waals surface area (Å²) >= 11 is 1.20. The maximum atomic E-state index is 14.4. The fourth-order valence-corrected chi connectivity index (χ4v) is 3.67. The molecule has 0 saturated heterocycles. The number of carbonyl (C=O) groups excluding carboxylic acids is 2. The Labute approximate surface area is 154 Å². The Balaban J connectivity index is 1.87. The summed E-state index contributed by atoms with van der Waals surface area (Å²) in [5.41, 5.74) is 0.498. The molecule has 6 nitrogen and oxygen atoms in total. The molecule has 2 aliphatic heterocycles. The maximum Gasteiger partial charge on any atom is 0.214 e. The van der Waals surface area contributed by atoms with Gasteiger partial charge in [0.25, 0.3) is 0 Å². The lowest BCUT2D eigenvalue weighted by molar-refractivity contribution is -0.118. The first-order valence-corrected chi connectivity index (χ1v) is 9.32. The van der Waals surface area contributed by atoms with Crippen LogP contribution >= 0.6 is 11.5 Å². The average molecular weight is 372 g/mol. The number of aromatic nitrogens is 2. The molecule has 0 atom stereocenters. The fourth-order valence-electron chi connectivity index (χ4n) is 2.92. The second-order valence-corrected chi connectivity index (χ2v) is 7.26. The lowest BCUT2D eigenvalue weighted by Crippen LogP contribution is -2.25. The van der Waals surface area contributed by atoms with Crippen LogP contribution in [0.2, 0.25) is 0 Å². The fraction of sp³-hybridized carbons (Fsp3) is 0.389. The zero-order valence-electron chi connectivity index (χ0n) is 14.5. The molecule has 3 aliphatic rings. The van der Waals surface area contributed by atoms with E-state index in [2.05, 4.69) is 14.3 Å². The molecule has 0 amide bonds. The number of halogens is 1. The van der Waals surface area contributed by atoms with Crippen molar-refractivity contribution in [2.75, 3.05) is 4.90 Å². The van der Waals surface area contributed by atoms with Crippen molar-refractivity contribution in [1.82, 2.24) is 9.36 Å². The minimum atomic E-state index is -0.536. The van der Waals surface area contributed by atoms with Crippen LogP contribution in [0.1, 0.15) is 51.3 Å². The summed E-state index contributed by atoms with van der Waals surface area (Å²) in [6.45, 7) is 3.13. The molecule has 1 aliphatic carbocycles. The van der Waals surface area contributed by atoms with Crippen LogP contribution in [-0.2, 0) is 9.59 Å². The van der Waals surface area contributed by atoms with E-state index in [1.807, 2.05) is 0 Å². The minimum absolute atomic E-state index is 0.00243. The number of anilines is 1. The number of fused-ring (bicyclic) bond motifs is 2. The van der Waals surface area contributed by atoms with Gasteiger partial charge in [0.1, 0.15) is 17.5 Å². The van der Waals surface area contributed by atoms with Gasteiger partial charge in [0.15, 0.2) is 11.6 Å². The van der Waals surface area contributed by atoms with Crippen LogP contribution in [0.5, 0.6) is 0 Å². The van der Waals surface area contributed by atoms with Crippen LogP contribution in [0.15, 0.2) is 39.9 Å². The molecule has 2 bridgehead atoms. The molecule has 1 aromatic heterocycles. The van der Waals surface area contributed by atoms with E-state index in [9.17, 15) is 14.0 Å². The maximum absolute atomic E-state index is 14.4. The van der Waals surface area contributed by atoms with Crippen LogP contribution in [0, 0.1) is 0 Å². The molecule has 134 valence electrons. The summed E-state index contributed by atoms with van der Waals surface area (Å²) < 4.78 is 18.8. The number of hydrogen-bond donors (Lipinski definition) is 0. The zero-order valence-corrected chi connectivity index (χ0v) is 15.3. The third-order valence-corrected chi connectivity index (χ3v) is 5.29. The van der Waals surface area contributed by atoms with Crippen molar-refractivity contribution in [3.63, 3.8) is 0 Å². The number of nitrogens with zero attached hydrogens (tertiary/aromatic N) is 4. The minimum Gasteiger partial charge on any atom is -0.294 e. The van der Waals surface area contributed by atoms with Crippen molar-refractivity contribution in [1.29, 1.82) is 0 Å². The van der Waals surface area contributed by atoms with Crippen LogP contribution in [0.25, 0.3) is 0 Å². The highest BCUT2D eigenvalue weighted by molar-refractivity contribution is 7.10. The van der Waals surface area contributed by atoms with Crippen molar-refractivity contribution in [2.45, 2.75) is 45.4 Å². The Morgan fingerprint density at radius 2 is 2.19 bits per heavy atom. The summed E-state index contributed by atoms with van der Waals surface area (Å²) in [4.78, 5) is 35.4. The van der Waals surface area contributed by atoms with Gasteiger partial charge in [-0.1, -0.05) is 6.92 Å². The number of rotatable bonds is 4. The smallest absolute Gasteiger partial charge is 0.214 e. The molecule has 1 fully saturated rings. The third kappa shape index (κ3) is 2.94. The average Bonchev–Trinajstić information content (AvgIpc) is 3.39. The first kappa shape index (κ1) is 17.0. The van der Waals surface area contributed by atoms with Gasteiger partial charge in [-0.2, -0.15) is 4.37 Å². The van der Waals surface area contributed by atoms with E-state index in [1.54, 1.807) is 11.8 Å². The molecule has 1 aromatic rings. The Hall–Kier alpha value is -2.48. The van der Waals surface area contributed by atoms with Crippen molar-refractivity contribution in [3.8, 4) is 0 Å². The third-order valence-electron chi connectivity index (χ3n) is 4.56. The molecule has 1 saturated carbocycles. The van der Waals surface area contributed by atoms with Gasteiger partial charge < -0.3 is 0 Å². The van der Waals surface area contributed by atoms with Crippen LogP contribution in [0.3, 0.4) is 0 Å². The number of ketones is 2. The molecule has 0 radical (unpaired) electrons. The monoisotopic (exact) mass is 372 g/mol. The topological polar surface area (TPSA) is 75.5 Å². The summed E-state index contributed by atoms with van der Waals surface area (Å²) in [6, 6.07) is 0. The molecular weight excluding hydrogens is 355 g/mol. The molecule has 0 spiro atoms. The predicted octanol–water partition coefficient (Wildman–Crippen LogP) is 3.60. The molecule has 4 rings (SSSR count). The molecule has 0 aromatic carbocycles. The summed E-state index contributed by atoms with van der Waals surface area (Å²) in [7, 11) is 0. The number of amidine groups is 1. The number of carbonyl (C=O) groups is 2. The normalized spacial score (nSPS) is 20.3. The van der Waals surface area contributed by atoms with E-state index >= 15 is 0 Å². The highest BCUT2D eigenvalue weighted by Crippen LogP contribution is 2.40. The van der Waals surface area contributed by atoms with Crippen molar-refractivity contribution in [2.24, 2.45) is 4.99 Å². The quantitative estimate of drug-likeness (QED) is 0.755. The Morgan fingerprint density at radius 1 is 1.42 bits per heavy atom. The van der Waals surface area contributed by atoms with E-state index in [4.69, 9.17) is 0 Å². The summed E-state index contributed by atoms with van der Waals surface area (Å²) in [5.74, 6) is 0.267. The van der Waals surface area contributed by atoms with Gasteiger partial charge in [0.2, 0.25) is 5.13 Å². The molecule has 0 N–H and O–H groups in total. The largest absolute Gasteiger partial charge is 0.294 e. The predicted molar refractivity (Wildman–Crippen MR) is 96.7 cm³/mol. The molecule has 0 unspecified atom stereocenters. The zero-order chi connectivity index (χ0) is 18.4. The first-order valence-electron chi connectivity index (χ1n) is 8.55. The van der Waals surface area contributed by atoms with Gasteiger partial charge in [-0.15, -0.1) is 0 Å². The van der Waals surface area contributed by atoms with Crippen molar-refractivity contribution < 1.29 is 14.0 Å². The van der Waals surface area contributed by atoms with Gasteiger partial charge in [0, 0.05) is 35.6 Å². The SMILES string of the molecule is CCC1=C(F)C=C2CC(=N1)N(c1nc(C3CC3)ns1)C=C(C(C)=O)C2=O. The van der Waals surface area contributed by atoms with Crippen LogP contribution in [0.4, 0.5) is 9.52 Å². The van der Waals surface area contributed by atoms with E-state index in [0.717, 1.165) is 18.7 Å². The molecule has 26 heavy (non-hydrogen) atoms. The summed E-state index contributed by atoms with van der Waals surface area (Å²) in [6.07, 6.45) is 5.36. The van der Waals surface area contributed by atoms with E-state index in [1.165, 1.54) is 30.7 Å². The van der Waals surface area contributed by atoms with Crippen LogP contribution in [-0.4, -0.2) is 26.8 Å². The lowest BCUT2D eigenvalue weighted by Gasteiger charge is -2.17. The molecule has 8 heteroatoms. The Bertz CT molecular complexity index is 937. The van der Waals surface area contributed by atoms with Gasteiger partial charge in [-0.05, 0) is 32.3 Å². The van der Waals surface area contributed by atoms with Crippen molar-refractivity contribution >= 4 is 34.1 Å². The second kappa shape index (κ2) is 6.35. The molecular formula is C18H17FN4O2S. The Morgan fingerprint density at radius 3 is 2.85 bits per heavy atom. The van der Waals surface area contributed by atoms with Gasteiger partial charge in [-0.25, -0.2) is 14.4 Å². The molecule has 3 heterocycles. The van der Waals surface area contributed by atoms with Gasteiger partial charge in [-0.3, -0.25) is 14.5 Å². The van der Waals surface area contributed by atoms with E-state index < -0.39 is 11.6 Å². The Kier molecular flexibility index (Phi) is 4.14.